The molecule has 9 nitrogen and oxygen atoms in total. The molecule has 2 N–H and O–H groups in total. The van der Waals surface area contributed by atoms with Crippen LogP contribution in [0.3, 0.4) is 0 Å². The second kappa shape index (κ2) is 11.5. The summed E-state index contributed by atoms with van der Waals surface area (Å²) in [5.74, 6) is -5.52. The number of anilines is 2. The number of aliphatic carboxylic acids is 1. The number of carboxylic acids is 1. The third-order valence-corrected chi connectivity index (χ3v) is 6.55. The van der Waals surface area contributed by atoms with Gasteiger partial charge in [-0.1, -0.05) is 47.5 Å². The van der Waals surface area contributed by atoms with Crippen molar-refractivity contribution in [1.29, 1.82) is 0 Å². The summed E-state index contributed by atoms with van der Waals surface area (Å²) in [4.78, 5) is 64.3. The van der Waals surface area contributed by atoms with Gasteiger partial charge >= 0.3 is 5.97 Å². The quantitative estimate of drug-likeness (QED) is 0.174. The monoisotopic (exact) mass is 566 g/mol. The van der Waals surface area contributed by atoms with Gasteiger partial charge in [-0.2, -0.15) is 0 Å². The Bertz CT molecular complexity index is 1520. The van der Waals surface area contributed by atoms with Gasteiger partial charge in [-0.25, -0.2) is 4.79 Å². The van der Waals surface area contributed by atoms with Gasteiger partial charge in [-0.3, -0.25) is 24.1 Å². The number of Topliss-reactive ketones (excluding diaryl/α,β-unsaturated/α-hetero) is 2. The Morgan fingerprint density at radius 1 is 0.974 bits per heavy atom. The number of ether oxygens (including phenoxy) is 1. The minimum absolute atomic E-state index is 0.0646. The van der Waals surface area contributed by atoms with Crippen LogP contribution in [0.4, 0.5) is 11.4 Å². The molecule has 1 heterocycles. The van der Waals surface area contributed by atoms with Gasteiger partial charge in [0.05, 0.1) is 18.2 Å². The van der Waals surface area contributed by atoms with E-state index < -0.39 is 41.3 Å². The zero-order chi connectivity index (χ0) is 28.3. The first-order valence-corrected chi connectivity index (χ1v) is 12.2. The molecule has 2 atom stereocenters. The van der Waals surface area contributed by atoms with Gasteiger partial charge in [0.15, 0.2) is 5.78 Å². The Hall–Kier alpha value is -4.47. The molecule has 0 saturated carbocycles. The van der Waals surface area contributed by atoms with Crippen LogP contribution in [0, 0.1) is 5.92 Å². The largest absolute Gasteiger partial charge is 0.495 e. The number of halogens is 2. The van der Waals surface area contributed by atoms with E-state index in [1.54, 1.807) is 36.4 Å². The Morgan fingerprint density at radius 2 is 1.69 bits per heavy atom. The smallest absolute Gasteiger partial charge is 0.328 e. The zero-order valence-electron chi connectivity index (χ0n) is 20.3. The highest BCUT2D eigenvalue weighted by molar-refractivity contribution is 6.49. The van der Waals surface area contributed by atoms with E-state index in [4.69, 9.17) is 33.0 Å². The number of nitrogens with zero attached hydrogens (tertiary/aromatic N) is 1. The SMILES string of the molecule is COc1ccc(N2C(=O)C(=O)C(C(=O)c3cccc(NC(=O)/C=C\C(=O)O)c3)C2c2ccc(Cl)cc2)cc1Cl. The first-order valence-electron chi connectivity index (χ1n) is 11.4. The Morgan fingerprint density at radius 3 is 2.33 bits per heavy atom. The summed E-state index contributed by atoms with van der Waals surface area (Å²) in [7, 11) is 1.44. The molecule has 2 amide bonds. The fourth-order valence-corrected chi connectivity index (χ4v) is 4.66. The maximum absolute atomic E-state index is 13.8. The summed E-state index contributed by atoms with van der Waals surface area (Å²) in [6, 6.07) is 15.8. The van der Waals surface area contributed by atoms with E-state index in [-0.39, 0.29) is 16.3 Å². The van der Waals surface area contributed by atoms with Crippen molar-refractivity contribution in [3.8, 4) is 5.75 Å². The van der Waals surface area contributed by atoms with E-state index >= 15 is 0 Å². The average molecular weight is 567 g/mol. The predicted molar refractivity (Wildman–Crippen MR) is 144 cm³/mol. The first-order chi connectivity index (χ1) is 18.6. The van der Waals surface area contributed by atoms with Crippen molar-refractivity contribution in [2.24, 2.45) is 5.92 Å². The number of benzene rings is 3. The second-order valence-corrected chi connectivity index (χ2v) is 9.28. The van der Waals surface area contributed by atoms with Gasteiger partial charge in [0.25, 0.3) is 5.91 Å². The number of carbonyl (C=O) groups is 5. The summed E-state index contributed by atoms with van der Waals surface area (Å²) in [6.07, 6.45) is 1.49. The summed E-state index contributed by atoms with van der Waals surface area (Å²) < 4.78 is 5.18. The molecule has 39 heavy (non-hydrogen) atoms. The summed E-state index contributed by atoms with van der Waals surface area (Å²) in [5, 5.41) is 11.8. The summed E-state index contributed by atoms with van der Waals surface area (Å²) in [6.45, 7) is 0. The summed E-state index contributed by atoms with van der Waals surface area (Å²) in [5.41, 5.74) is 1.04. The number of carboxylic acid groups (broad SMARTS) is 1. The van der Waals surface area contributed by atoms with Gasteiger partial charge in [0, 0.05) is 34.1 Å². The molecule has 2 unspecified atom stereocenters. The topological polar surface area (TPSA) is 130 Å². The molecule has 0 aromatic heterocycles. The number of rotatable bonds is 8. The molecule has 198 valence electrons. The first kappa shape index (κ1) is 27.6. The molecule has 1 aliphatic rings. The van der Waals surface area contributed by atoms with E-state index in [1.807, 2.05) is 0 Å². The zero-order valence-corrected chi connectivity index (χ0v) is 21.8. The standard InChI is InChI=1S/C28H20Cl2N2O7/c1-39-21-10-9-19(14-20(21)30)32-25(15-5-7-17(29)8-6-15)24(27(37)28(32)38)26(36)16-3-2-4-18(13-16)31-22(33)11-12-23(34)35/h2-14,24-25H,1H3,(H,31,33)(H,34,35)/b12-11-. The van der Waals surface area contributed by atoms with Crippen LogP contribution in [-0.2, 0) is 19.2 Å². The number of hydrogen-bond acceptors (Lipinski definition) is 6. The van der Waals surface area contributed by atoms with Crippen molar-refractivity contribution in [2.75, 3.05) is 17.3 Å². The van der Waals surface area contributed by atoms with Crippen molar-refractivity contribution >= 4 is 63.9 Å². The molecule has 0 bridgehead atoms. The number of carbonyl (C=O) groups excluding carboxylic acids is 4. The Labute approximate surface area is 232 Å². The fourth-order valence-electron chi connectivity index (χ4n) is 4.28. The van der Waals surface area contributed by atoms with Crippen LogP contribution in [0.5, 0.6) is 5.75 Å². The lowest BCUT2D eigenvalue weighted by atomic mass is 9.86. The number of nitrogens with one attached hydrogen (secondary N) is 1. The Balaban J connectivity index is 1.75. The summed E-state index contributed by atoms with van der Waals surface area (Å²) >= 11 is 12.4. The molecule has 3 aromatic carbocycles. The molecule has 4 rings (SSSR count). The lowest BCUT2D eigenvalue weighted by Crippen LogP contribution is -2.30. The lowest BCUT2D eigenvalue weighted by molar-refractivity contribution is -0.135. The highest BCUT2D eigenvalue weighted by Crippen LogP contribution is 2.43. The number of amides is 2. The van der Waals surface area contributed by atoms with E-state index in [0.717, 1.165) is 6.08 Å². The molecular weight excluding hydrogens is 547 g/mol. The molecule has 11 heteroatoms. The second-order valence-electron chi connectivity index (χ2n) is 8.44. The van der Waals surface area contributed by atoms with Gasteiger partial charge in [-0.15, -0.1) is 0 Å². The van der Waals surface area contributed by atoms with Crippen LogP contribution in [0.2, 0.25) is 10.0 Å². The van der Waals surface area contributed by atoms with Crippen molar-refractivity contribution in [2.45, 2.75) is 6.04 Å². The molecule has 1 saturated heterocycles. The van der Waals surface area contributed by atoms with Crippen LogP contribution in [-0.4, -0.2) is 41.6 Å². The van der Waals surface area contributed by atoms with Gasteiger partial charge in [0.2, 0.25) is 11.7 Å². The maximum Gasteiger partial charge on any atom is 0.328 e. The molecule has 1 fully saturated rings. The van der Waals surface area contributed by atoms with Gasteiger partial charge in [0.1, 0.15) is 11.7 Å². The highest BCUT2D eigenvalue weighted by atomic mass is 35.5. The van der Waals surface area contributed by atoms with Gasteiger partial charge in [-0.05, 0) is 48.0 Å². The third-order valence-electron chi connectivity index (χ3n) is 6.01. The molecule has 1 aliphatic heterocycles. The van der Waals surface area contributed by atoms with Crippen molar-refractivity contribution in [3.05, 3.63) is 100 Å². The van der Waals surface area contributed by atoms with Crippen molar-refractivity contribution < 1.29 is 33.8 Å². The molecule has 0 radical (unpaired) electrons. The van der Waals surface area contributed by atoms with Crippen LogP contribution in [0.15, 0.2) is 78.9 Å². The van der Waals surface area contributed by atoms with E-state index in [0.29, 0.717) is 28.1 Å². The Kier molecular flexibility index (Phi) is 8.13. The van der Waals surface area contributed by atoms with Crippen LogP contribution in [0.1, 0.15) is 22.0 Å². The molecular formula is C28H20Cl2N2O7. The fraction of sp³-hybridized carbons (Fsp3) is 0.107. The van der Waals surface area contributed by atoms with E-state index in [2.05, 4.69) is 5.32 Å². The highest BCUT2D eigenvalue weighted by Gasteiger charge is 2.52. The van der Waals surface area contributed by atoms with Crippen LogP contribution in [0.25, 0.3) is 0 Å². The van der Waals surface area contributed by atoms with Crippen molar-refractivity contribution in [1.82, 2.24) is 0 Å². The predicted octanol–water partition coefficient (Wildman–Crippen LogP) is 4.74. The van der Waals surface area contributed by atoms with Gasteiger partial charge < -0.3 is 15.2 Å². The number of ketones is 2. The minimum atomic E-state index is -1.42. The lowest BCUT2D eigenvalue weighted by Gasteiger charge is -2.27. The third kappa shape index (κ3) is 5.84. The molecule has 3 aromatic rings. The molecule has 0 aliphatic carbocycles. The van der Waals surface area contributed by atoms with E-state index in [1.165, 1.54) is 42.3 Å². The molecule has 0 spiro atoms. The average Bonchev–Trinajstić information content (AvgIpc) is 3.17. The van der Waals surface area contributed by atoms with Crippen LogP contribution < -0.4 is 15.0 Å². The number of methoxy groups -OCH3 is 1. The van der Waals surface area contributed by atoms with Crippen molar-refractivity contribution in [3.63, 3.8) is 0 Å². The van der Waals surface area contributed by atoms with Crippen LogP contribution >= 0.6 is 23.2 Å². The number of hydrogen-bond donors (Lipinski definition) is 2. The normalized spacial score (nSPS) is 16.9. The van der Waals surface area contributed by atoms with E-state index in [9.17, 15) is 24.0 Å². The maximum atomic E-state index is 13.8. The minimum Gasteiger partial charge on any atom is -0.495 e.